The van der Waals surface area contributed by atoms with Crippen molar-refractivity contribution < 1.29 is 36.7 Å². The molecule has 1 aliphatic carbocycles. The fourth-order valence-corrected chi connectivity index (χ4v) is 5.48. The first-order valence-corrected chi connectivity index (χ1v) is 12.9. The molecule has 1 aromatic carbocycles. The van der Waals surface area contributed by atoms with Gasteiger partial charge in [-0.3, -0.25) is 9.59 Å². The van der Waals surface area contributed by atoms with E-state index in [4.69, 9.17) is 4.42 Å². The quantitative estimate of drug-likeness (QED) is 0.431. The second kappa shape index (κ2) is 9.43. The highest BCUT2D eigenvalue weighted by Gasteiger charge is 2.63. The van der Waals surface area contributed by atoms with Crippen molar-refractivity contribution >= 4 is 28.5 Å². The lowest BCUT2D eigenvalue weighted by Crippen LogP contribution is -2.65. The highest BCUT2D eigenvalue weighted by atomic mass is 19.4. The van der Waals surface area contributed by atoms with Crippen molar-refractivity contribution in [3.8, 4) is 11.3 Å². The van der Waals surface area contributed by atoms with E-state index in [9.17, 15) is 32.3 Å². The molecule has 2 aromatic heterocycles. The SMILES string of the molecule is C=C(C)c1cc(-c2ccc(F)cc2)nc2cc(C(=O)N3CCN(C(=O)C4CC(O)(C(F)(F)F)C4)CC3(C)C)oc12. The van der Waals surface area contributed by atoms with Crippen LogP contribution in [0.15, 0.2) is 47.4 Å². The smallest absolute Gasteiger partial charge is 0.417 e. The Balaban J connectivity index is 1.36. The molecule has 0 bridgehead atoms. The number of aliphatic hydroxyl groups is 1. The summed E-state index contributed by atoms with van der Waals surface area (Å²) in [4.78, 5) is 34.2. The third-order valence-electron chi connectivity index (χ3n) is 7.79. The van der Waals surface area contributed by atoms with E-state index in [-0.39, 0.29) is 31.2 Å². The van der Waals surface area contributed by atoms with E-state index in [1.165, 1.54) is 23.1 Å². The van der Waals surface area contributed by atoms with Crippen LogP contribution in [-0.4, -0.2) is 68.7 Å². The van der Waals surface area contributed by atoms with Crippen molar-refractivity contribution in [2.45, 2.75) is 50.9 Å². The van der Waals surface area contributed by atoms with Crippen molar-refractivity contribution in [3.63, 3.8) is 0 Å². The Morgan fingerprint density at radius 3 is 2.35 bits per heavy atom. The molecule has 5 rings (SSSR count). The molecular formula is C29H29F4N3O4. The number of nitrogens with zero attached hydrogens (tertiary/aromatic N) is 3. The van der Waals surface area contributed by atoms with Gasteiger partial charge in [0.2, 0.25) is 5.91 Å². The Kier molecular flexibility index (Phi) is 6.56. The Labute approximate surface area is 228 Å². The van der Waals surface area contributed by atoms with E-state index >= 15 is 0 Å². The predicted molar refractivity (Wildman–Crippen MR) is 140 cm³/mol. The number of benzene rings is 1. The van der Waals surface area contributed by atoms with Gasteiger partial charge in [-0.25, -0.2) is 9.37 Å². The van der Waals surface area contributed by atoms with Crippen LogP contribution in [0.1, 0.15) is 49.7 Å². The molecule has 2 amide bonds. The van der Waals surface area contributed by atoms with Crippen LogP contribution in [0.3, 0.4) is 0 Å². The molecule has 1 aliphatic heterocycles. The lowest BCUT2D eigenvalue weighted by atomic mass is 9.69. The zero-order valence-electron chi connectivity index (χ0n) is 22.3. The number of alkyl halides is 3. The number of aromatic nitrogens is 1. The van der Waals surface area contributed by atoms with Gasteiger partial charge in [0.25, 0.3) is 5.91 Å². The summed E-state index contributed by atoms with van der Waals surface area (Å²) in [5.74, 6) is -2.12. The average Bonchev–Trinajstić information content (AvgIpc) is 3.28. The van der Waals surface area contributed by atoms with Gasteiger partial charge in [-0.1, -0.05) is 6.58 Å². The van der Waals surface area contributed by atoms with Crippen molar-refractivity contribution in [2.24, 2.45) is 5.92 Å². The van der Waals surface area contributed by atoms with Gasteiger partial charge in [-0.05, 0) is 69.5 Å². The lowest BCUT2D eigenvalue weighted by molar-refractivity contribution is -0.297. The van der Waals surface area contributed by atoms with Crippen molar-refractivity contribution in [2.75, 3.05) is 19.6 Å². The number of hydrogen-bond acceptors (Lipinski definition) is 5. The molecule has 1 saturated carbocycles. The minimum Gasteiger partial charge on any atom is -0.449 e. The fraction of sp³-hybridized carbons (Fsp3) is 0.414. The van der Waals surface area contributed by atoms with Crippen LogP contribution < -0.4 is 0 Å². The maximum absolute atomic E-state index is 13.6. The second-order valence-corrected chi connectivity index (χ2v) is 11.3. The van der Waals surface area contributed by atoms with Crippen LogP contribution >= 0.6 is 0 Å². The number of furan rings is 1. The number of allylic oxidation sites excluding steroid dienone is 1. The molecule has 40 heavy (non-hydrogen) atoms. The monoisotopic (exact) mass is 559 g/mol. The second-order valence-electron chi connectivity index (χ2n) is 11.3. The van der Waals surface area contributed by atoms with Crippen LogP contribution in [-0.2, 0) is 4.79 Å². The minimum absolute atomic E-state index is 0.0448. The number of fused-ring (bicyclic) bond motifs is 1. The van der Waals surface area contributed by atoms with Gasteiger partial charge < -0.3 is 19.3 Å². The molecule has 3 aromatic rings. The topological polar surface area (TPSA) is 86.9 Å². The number of hydrogen-bond donors (Lipinski definition) is 1. The average molecular weight is 560 g/mol. The number of carbonyl (C=O) groups is 2. The van der Waals surface area contributed by atoms with E-state index in [0.29, 0.717) is 33.5 Å². The fourth-order valence-electron chi connectivity index (χ4n) is 5.48. The Morgan fingerprint density at radius 2 is 1.77 bits per heavy atom. The summed E-state index contributed by atoms with van der Waals surface area (Å²) < 4.78 is 58.4. The van der Waals surface area contributed by atoms with E-state index in [0.717, 1.165) is 0 Å². The zero-order valence-corrected chi connectivity index (χ0v) is 22.3. The molecule has 2 aliphatic rings. The molecule has 0 radical (unpaired) electrons. The Hall–Kier alpha value is -3.73. The van der Waals surface area contributed by atoms with E-state index in [1.54, 1.807) is 43.9 Å². The number of halogens is 4. The van der Waals surface area contributed by atoms with E-state index in [1.807, 2.05) is 0 Å². The Bertz CT molecular complexity index is 1500. The summed E-state index contributed by atoms with van der Waals surface area (Å²) in [7, 11) is 0. The zero-order chi connectivity index (χ0) is 29.2. The molecule has 7 nitrogen and oxygen atoms in total. The molecule has 1 saturated heterocycles. The van der Waals surface area contributed by atoms with Gasteiger partial charge in [0.15, 0.2) is 16.9 Å². The first kappa shape index (κ1) is 27.8. The third-order valence-corrected chi connectivity index (χ3v) is 7.79. The molecule has 0 unspecified atom stereocenters. The van der Waals surface area contributed by atoms with Gasteiger partial charge in [-0.2, -0.15) is 13.2 Å². The molecule has 212 valence electrons. The standard InChI is InChI=1S/C29H29F4N3O4/c1-16(2)20-11-21(17-5-7-19(30)8-6-17)34-22-12-23(40-24(20)22)26(38)36-10-9-35(15-27(36,3)4)25(37)18-13-28(39,14-18)29(31,32)33/h5-8,11-12,18,39H,1,9-10,13-15H2,2-4H3. The molecule has 2 fully saturated rings. The lowest BCUT2D eigenvalue weighted by Gasteiger charge is -2.50. The van der Waals surface area contributed by atoms with E-state index in [2.05, 4.69) is 11.6 Å². The largest absolute Gasteiger partial charge is 0.449 e. The molecule has 0 atom stereocenters. The molecular weight excluding hydrogens is 530 g/mol. The number of rotatable bonds is 4. The van der Waals surface area contributed by atoms with Gasteiger partial charge in [0, 0.05) is 42.7 Å². The maximum Gasteiger partial charge on any atom is 0.417 e. The highest BCUT2D eigenvalue weighted by Crippen LogP contribution is 2.49. The van der Waals surface area contributed by atoms with Crippen LogP contribution in [0.4, 0.5) is 17.6 Å². The van der Waals surface area contributed by atoms with E-state index < -0.39 is 47.9 Å². The van der Waals surface area contributed by atoms with Gasteiger partial charge >= 0.3 is 6.18 Å². The Morgan fingerprint density at radius 1 is 1.12 bits per heavy atom. The normalized spacial score (nSPS) is 22.8. The molecule has 3 heterocycles. The third kappa shape index (κ3) is 4.76. The van der Waals surface area contributed by atoms with Crippen LogP contribution in [0.5, 0.6) is 0 Å². The van der Waals surface area contributed by atoms with Crippen LogP contribution in [0.2, 0.25) is 0 Å². The maximum atomic E-state index is 13.6. The number of carbonyl (C=O) groups excluding carboxylic acids is 2. The first-order valence-electron chi connectivity index (χ1n) is 12.9. The molecule has 0 spiro atoms. The van der Waals surface area contributed by atoms with Crippen molar-refractivity contribution in [1.29, 1.82) is 0 Å². The highest BCUT2D eigenvalue weighted by molar-refractivity contribution is 5.98. The van der Waals surface area contributed by atoms with Crippen LogP contribution in [0.25, 0.3) is 27.9 Å². The number of pyridine rings is 1. The first-order chi connectivity index (χ1) is 18.6. The van der Waals surface area contributed by atoms with Crippen molar-refractivity contribution in [3.05, 3.63) is 60.1 Å². The summed E-state index contributed by atoms with van der Waals surface area (Å²) in [5.41, 5.74) is -0.282. The van der Waals surface area contributed by atoms with Gasteiger partial charge in [0.1, 0.15) is 11.3 Å². The molecule has 1 N–H and O–H groups in total. The summed E-state index contributed by atoms with van der Waals surface area (Å²) in [6, 6.07) is 9.18. The summed E-state index contributed by atoms with van der Waals surface area (Å²) in [6.45, 7) is 9.73. The summed E-state index contributed by atoms with van der Waals surface area (Å²) >= 11 is 0. The number of amides is 2. The molecule has 11 heteroatoms. The minimum atomic E-state index is -4.78. The predicted octanol–water partition coefficient (Wildman–Crippen LogP) is 5.43. The summed E-state index contributed by atoms with van der Waals surface area (Å²) in [6.07, 6.45) is -6.10. The number of piperazine rings is 1. The van der Waals surface area contributed by atoms with Gasteiger partial charge in [-0.15, -0.1) is 0 Å². The van der Waals surface area contributed by atoms with Crippen molar-refractivity contribution in [1.82, 2.24) is 14.8 Å². The summed E-state index contributed by atoms with van der Waals surface area (Å²) in [5, 5.41) is 9.73. The van der Waals surface area contributed by atoms with Crippen LogP contribution in [0, 0.1) is 11.7 Å². The van der Waals surface area contributed by atoms with Gasteiger partial charge in [0.05, 0.1) is 11.2 Å².